The fraction of sp³-hybridized carbons (Fsp3) is 0.333. The molecular weight excluding hydrogens is 288 g/mol. The third kappa shape index (κ3) is 3.15. The first kappa shape index (κ1) is 13.6. The van der Waals surface area contributed by atoms with Gasteiger partial charge in [0, 0.05) is 7.05 Å². The molecule has 0 fully saturated rings. The Morgan fingerprint density at radius 2 is 1.95 bits per heavy atom. The molecule has 0 aliphatic heterocycles. The SMILES string of the molecule is CCc1nnc(NS(=O)(=O)c2cnc(NC)nc2)s1. The number of nitrogens with zero attached hydrogens (tertiary/aromatic N) is 4. The Bertz CT molecular complexity index is 652. The van der Waals surface area contributed by atoms with Crippen LogP contribution in [0.2, 0.25) is 0 Å². The fourth-order valence-corrected chi connectivity index (χ4v) is 2.99. The first-order valence-corrected chi connectivity index (χ1v) is 7.70. The maximum atomic E-state index is 12.0. The zero-order chi connectivity index (χ0) is 13.9. The van der Waals surface area contributed by atoms with Gasteiger partial charge in [-0.25, -0.2) is 18.4 Å². The molecule has 0 saturated heterocycles. The van der Waals surface area contributed by atoms with Crippen LogP contribution in [0.1, 0.15) is 11.9 Å². The highest BCUT2D eigenvalue weighted by Crippen LogP contribution is 2.19. The van der Waals surface area contributed by atoms with Crippen LogP contribution in [0.15, 0.2) is 17.3 Å². The van der Waals surface area contributed by atoms with Crippen LogP contribution in [0.5, 0.6) is 0 Å². The Balaban J connectivity index is 2.21. The quantitative estimate of drug-likeness (QED) is 0.837. The largest absolute Gasteiger partial charge is 0.357 e. The summed E-state index contributed by atoms with van der Waals surface area (Å²) in [6.45, 7) is 1.92. The third-order valence-corrected chi connectivity index (χ3v) is 4.56. The van der Waals surface area contributed by atoms with E-state index in [0.29, 0.717) is 12.4 Å². The minimum absolute atomic E-state index is 0.0280. The molecule has 2 N–H and O–H groups in total. The van der Waals surface area contributed by atoms with Gasteiger partial charge in [-0.3, -0.25) is 4.72 Å². The van der Waals surface area contributed by atoms with Crippen molar-refractivity contribution < 1.29 is 8.42 Å². The topological polar surface area (TPSA) is 110 Å². The smallest absolute Gasteiger partial charge is 0.266 e. The molecule has 0 saturated carbocycles. The van der Waals surface area contributed by atoms with Crippen LogP contribution in [0.4, 0.5) is 11.1 Å². The first-order valence-electron chi connectivity index (χ1n) is 5.40. The number of aromatic nitrogens is 4. The predicted molar refractivity (Wildman–Crippen MR) is 71.7 cm³/mol. The third-order valence-electron chi connectivity index (χ3n) is 2.15. The van der Waals surface area contributed by atoms with Crippen molar-refractivity contribution in [3.05, 3.63) is 17.4 Å². The lowest BCUT2D eigenvalue weighted by atomic mass is 10.5. The molecule has 0 amide bonds. The second-order valence-corrected chi connectivity index (χ2v) is 6.20. The van der Waals surface area contributed by atoms with E-state index in [9.17, 15) is 8.42 Å². The Hall–Kier alpha value is -1.81. The van der Waals surface area contributed by atoms with Gasteiger partial charge in [0.15, 0.2) is 0 Å². The highest BCUT2D eigenvalue weighted by Gasteiger charge is 2.17. The summed E-state index contributed by atoms with van der Waals surface area (Å²) in [6.07, 6.45) is 3.16. The van der Waals surface area contributed by atoms with Gasteiger partial charge in [-0.05, 0) is 6.42 Å². The van der Waals surface area contributed by atoms with Crippen LogP contribution in [-0.4, -0.2) is 35.6 Å². The molecule has 0 spiro atoms. The highest BCUT2D eigenvalue weighted by atomic mass is 32.2. The van der Waals surface area contributed by atoms with E-state index < -0.39 is 10.0 Å². The van der Waals surface area contributed by atoms with E-state index in [4.69, 9.17) is 0 Å². The maximum absolute atomic E-state index is 12.0. The Morgan fingerprint density at radius 1 is 1.26 bits per heavy atom. The number of aryl methyl sites for hydroxylation is 1. The van der Waals surface area contributed by atoms with Gasteiger partial charge < -0.3 is 5.32 Å². The van der Waals surface area contributed by atoms with Gasteiger partial charge in [-0.1, -0.05) is 18.3 Å². The van der Waals surface area contributed by atoms with Crippen molar-refractivity contribution >= 4 is 32.4 Å². The monoisotopic (exact) mass is 300 g/mol. The van der Waals surface area contributed by atoms with Crippen LogP contribution >= 0.6 is 11.3 Å². The summed E-state index contributed by atoms with van der Waals surface area (Å²) >= 11 is 1.20. The molecular formula is C9H12N6O2S2. The lowest BCUT2D eigenvalue weighted by molar-refractivity contribution is 0.600. The van der Waals surface area contributed by atoms with E-state index >= 15 is 0 Å². The molecule has 0 unspecified atom stereocenters. The van der Waals surface area contributed by atoms with Crippen molar-refractivity contribution in [3.8, 4) is 0 Å². The molecule has 19 heavy (non-hydrogen) atoms. The second-order valence-electron chi connectivity index (χ2n) is 3.45. The molecule has 0 aromatic carbocycles. The average Bonchev–Trinajstić information content (AvgIpc) is 2.85. The van der Waals surface area contributed by atoms with Gasteiger partial charge in [0.2, 0.25) is 11.1 Å². The molecule has 2 rings (SSSR count). The number of nitrogens with one attached hydrogen (secondary N) is 2. The highest BCUT2D eigenvalue weighted by molar-refractivity contribution is 7.93. The summed E-state index contributed by atoms with van der Waals surface area (Å²) in [5.41, 5.74) is 0. The van der Waals surface area contributed by atoms with E-state index in [1.165, 1.54) is 23.7 Å². The Morgan fingerprint density at radius 3 is 2.47 bits per heavy atom. The van der Waals surface area contributed by atoms with E-state index in [-0.39, 0.29) is 10.0 Å². The second kappa shape index (κ2) is 5.45. The normalized spacial score (nSPS) is 11.3. The van der Waals surface area contributed by atoms with Gasteiger partial charge in [0.1, 0.15) is 9.90 Å². The van der Waals surface area contributed by atoms with Crippen molar-refractivity contribution in [1.29, 1.82) is 0 Å². The summed E-state index contributed by atoms with van der Waals surface area (Å²) in [4.78, 5) is 7.68. The Labute approximate surface area is 114 Å². The number of hydrogen-bond acceptors (Lipinski definition) is 8. The van der Waals surface area contributed by atoms with Crippen molar-refractivity contribution in [2.24, 2.45) is 0 Å². The standard InChI is InChI=1S/C9H12N6O2S2/c1-3-7-13-14-9(18-7)15-19(16,17)6-4-11-8(10-2)12-5-6/h4-5H,3H2,1-2H3,(H,14,15)(H,10,11,12). The van der Waals surface area contributed by atoms with Crippen LogP contribution < -0.4 is 10.0 Å². The molecule has 0 bridgehead atoms. The molecule has 2 aromatic rings. The predicted octanol–water partition coefficient (Wildman–Crippen LogP) is 0.733. The van der Waals surface area contributed by atoms with Crippen molar-refractivity contribution in [3.63, 3.8) is 0 Å². The van der Waals surface area contributed by atoms with E-state index in [1.807, 2.05) is 6.92 Å². The molecule has 10 heteroatoms. The molecule has 102 valence electrons. The summed E-state index contributed by atoms with van der Waals surface area (Å²) in [5.74, 6) is 0.350. The molecule has 2 heterocycles. The molecule has 0 aliphatic rings. The maximum Gasteiger partial charge on any atom is 0.266 e. The minimum Gasteiger partial charge on any atom is -0.357 e. The van der Waals surface area contributed by atoms with Gasteiger partial charge >= 0.3 is 0 Å². The number of rotatable bonds is 5. The first-order chi connectivity index (χ1) is 9.05. The molecule has 0 radical (unpaired) electrons. The number of sulfonamides is 1. The average molecular weight is 300 g/mol. The molecule has 8 nitrogen and oxygen atoms in total. The summed E-state index contributed by atoms with van der Waals surface area (Å²) < 4.78 is 26.4. The Kier molecular flexibility index (Phi) is 3.90. The zero-order valence-electron chi connectivity index (χ0n) is 10.3. The summed E-state index contributed by atoms with van der Waals surface area (Å²) in [5, 5.41) is 11.3. The fourth-order valence-electron chi connectivity index (χ4n) is 1.20. The van der Waals surface area contributed by atoms with Crippen LogP contribution in [0, 0.1) is 0 Å². The van der Waals surface area contributed by atoms with Crippen LogP contribution in [-0.2, 0) is 16.4 Å². The summed E-state index contributed by atoms with van der Waals surface area (Å²) in [7, 11) is -2.08. The minimum atomic E-state index is -3.73. The lowest BCUT2D eigenvalue weighted by Crippen LogP contribution is -2.13. The van der Waals surface area contributed by atoms with Crippen LogP contribution in [0.3, 0.4) is 0 Å². The zero-order valence-corrected chi connectivity index (χ0v) is 11.9. The van der Waals surface area contributed by atoms with Crippen LogP contribution in [0.25, 0.3) is 0 Å². The molecule has 2 aromatic heterocycles. The van der Waals surface area contributed by atoms with Crippen molar-refractivity contribution in [2.45, 2.75) is 18.2 Å². The van der Waals surface area contributed by atoms with Gasteiger partial charge in [-0.15, -0.1) is 10.2 Å². The van der Waals surface area contributed by atoms with Gasteiger partial charge in [0.25, 0.3) is 10.0 Å². The number of hydrogen-bond donors (Lipinski definition) is 2. The molecule has 0 aliphatic carbocycles. The summed E-state index contributed by atoms with van der Waals surface area (Å²) in [6, 6.07) is 0. The van der Waals surface area contributed by atoms with E-state index in [0.717, 1.165) is 5.01 Å². The van der Waals surface area contributed by atoms with Crippen molar-refractivity contribution in [2.75, 3.05) is 17.1 Å². The van der Waals surface area contributed by atoms with Gasteiger partial charge in [-0.2, -0.15) is 0 Å². The molecule has 0 atom stereocenters. The van der Waals surface area contributed by atoms with Crippen molar-refractivity contribution in [1.82, 2.24) is 20.2 Å². The van der Waals surface area contributed by atoms with Gasteiger partial charge in [0.05, 0.1) is 12.4 Å². The van der Waals surface area contributed by atoms with E-state index in [2.05, 4.69) is 30.2 Å². The lowest BCUT2D eigenvalue weighted by Gasteiger charge is -2.04. The number of anilines is 2. The van der Waals surface area contributed by atoms with E-state index in [1.54, 1.807) is 7.05 Å².